The van der Waals surface area contributed by atoms with Gasteiger partial charge in [-0.2, -0.15) is 5.10 Å². The maximum absolute atomic E-state index is 15.4. The summed E-state index contributed by atoms with van der Waals surface area (Å²) in [4.78, 5) is 0. The first kappa shape index (κ1) is 24.5. The average molecular weight is 584 g/mol. The largest absolute Gasteiger partial charge is 0.245 e. The Kier molecular flexibility index (Phi) is 6.06. The molecule has 0 saturated heterocycles. The van der Waals surface area contributed by atoms with Crippen molar-refractivity contribution in [3.63, 3.8) is 0 Å². The highest BCUT2D eigenvalue weighted by atomic mass is 79.9. The molecule has 0 fully saturated rings. The van der Waals surface area contributed by atoms with Crippen LogP contribution in [-0.2, 0) is 5.54 Å². The molecule has 0 amide bonds. The Balaban J connectivity index is 1.64. The maximum Gasteiger partial charge on any atom is 0.139 e. The smallest absolute Gasteiger partial charge is 0.139 e. The van der Waals surface area contributed by atoms with E-state index in [4.69, 9.17) is 5.10 Å². The molecule has 192 valence electrons. The number of hydrogen-bond donors (Lipinski definition) is 0. The van der Waals surface area contributed by atoms with Gasteiger partial charge in [-0.15, -0.1) is 0 Å². The average Bonchev–Trinajstić information content (AvgIpc) is 3.37. The third-order valence-corrected chi connectivity index (χ3v) is 8.24. The molecule has 0 atom stereocenters. The normalized spacial score (nSPS) is 11.8. The van der Waals surface area contributed by atoms with Gasteiger partial charge in [-0.05, 0) is 55.5 Å². The van der Waals surface area contributed by atoms with Gasteiger partial charge in [0.15, 0.2) is 0 Å². The highest BCUT2D eigenvalue weighted by Gasteiger charge is 2.41. The summed E-state index contributed by atoms with van der Waals surface area (Å²) in [5, 5.41) is 8.54. The predicted molar refractivity (Wildman–Crippen MR) is 165 cm³/mol. The first-order valence-corrected chi connectivity index (χ1v) is 14.0. The molecule has 4 heteroatoms. The van der Waals surface area contributed by atoms with E-state index in [1.165, 1.54) is 0 Å². The zero-order valence-corrected chi connectivity index (χ0v) is 23.1. The van der Waals surface area contributed by atoms with Crippen LogP contribution >= 0.6 is 15.9 Å². The minimum atomic E-state index is -0.864. The van der Waals surface area contributed by atoms with Crippen molar-refractivity contribution in [3.8, 4) is 11.3 Å². The summed E-state index contributed by atoms with van der Waals surface area (Å²) in [5.74, 6) is -0.332. The van der Waals surface area contributed by atoms with Crippen LogP contribution in [-0.4, -0.2) is 9.78 Å². The molecular formula is C36H24BrFN2. The van der Waals surface area contributed by atoms with Gasteiger partial charge in [0.2, 0.25) is 0 Å². The topological polar surface area (TPSA) is 17.8 Å². The quantitative estimate of drug-likeness (QED) is 0.185. The van der Waals surface area contributed by atoms with Crippen LogP contribution in [0.4, 0.5) is 4.39 Å². The van der Waals surface area contributed by atoms with Gasteiger partial charge in [0.05, 0.1) is 9.99 Å². The predicted octanol–water partition coefficient (Wildman–Crippen LogP) is 9.60. The molecule has 7 aromatic rings. The minimum absolute atomic E-state index is 0.332. The molecule has 0 radical (unpaired) electrons. The van der Waals surface area contributed by atoms with E-state index in [-0.39, 0.29) is 5.82 Å². The highest BCUT2D eigenvalue weighted by molar-refractivity contribution is 9.10. The van der Waals surface area contributed by atoms with Gasteiger partial charge in [0.1, 0.15) is 17.1 Å². The minimum Gasteiger partial charge on any atom is -0.245 e. The summed E-state index contributed by atoms with van der Waals surface area (Å²) in [6.07, 6.45) is 0. The lowest BCUT2D eigenvalue weighted by molar-refractivity contribution is 0.476. The van der Waals surface area contributed by atoms with Gasteiger partial charge < -0.3 is 0 Å². The van der Waals surface area contributed by atoms with E-state index in [1.54, 1.807) is 6.07 Å². The van der Waals surface area contributed by atoms with Crippen LogP contribution in [0.3, 0.4) is 0 Å². The van der Waals surface area contributed by atoms with Crippen LogP contribution in [0, 0.1) is 5.82 Å². The fraction of sp³-hybridized carbons (Fsp3) is 0.0278. The Morgan fingerprint density at radius 2 is 1.10 bits per heavy atom. The van der Waals surface area contributed by atoms with E-state index in [9.17, 15) is 0 Å². The van der Waals surface area contributed by atoms with Gasteiger partial charge in [-0.3, -0.25) is 0 Å². The zero-order chi connectivity index (χ0) is 27.1. The van der Waals surface area contributed by atoms with Crippen LogP contribution in [0.2, 0.25) is 0 Å². The molecule has 0 N–H and O–H groups in total. The number of nitrogens with zero attached hydrogens (tertiary/aromatic N) is 2. The molecule has 0 aliphatic heterocycles. The van der Waals surface area contributed by atoms with E-state index in [1.807, 2.05) is 77.5 Å². The number of rotatable bonds is 5. The van der Waals surface area contributed by atoms with Crippen molar-refractivity contribution in [2.24, 2.45) is 0 Å². The van der Waals surface area contributed by atoms with Crippen LogP contribution < -0.4 is 0 Å². The molecule has 40 heavy (non-hydrogen) atoms. The molecule has 1 heterocycles. The summed E-state index contributed by atoms with van der Waals surface area (Å²) in [6, 6.07) is 49.2. The Bertz CT molecular complexity index is 1870. The van der Waals surface area contributed by atoms with Gasteiger partial charge in [-0.1, -0.05) is 127 Å². The second-order valence-electron chi connectivity index (χ2n) is 9.91. The SMILES string of the molecule is Fc1cc2c(cc1Br)c(-c1ccc3ccccc3c1)nn2C(c1ccccc1)(c1ccccc1)c1ccccc1. The second kappa shape index (κ2) is 9.89. The summed E-state index contributed by atoms with van der Waals surface area (Å²) in [7, 11) is 0. The molecule has 0 aliphatic rings. The van der Waals surface area contributed by atoms with Crippen LogP contribution in [0.25, 0.3) is 32.9 Å². The van der Waals surface area contributed by atoms with Crippen molar-refractivity contribution in [1.82, 2.24) is 9.78 Å². The van der Waals surface area contributed by atoms with Crippen molar-refractivity contribution in [2.45, 2.75) is 5.54 Å². The molecule has 0 spiro atoms. The van der Waals surface area contributed by atoms with Crippen molar-refractivity contribution >= 4 is 37.6 Å². The Morgan fingerprint density at radius 3 is 1.68 bits per heavy atom. The lowest BCUT2D eigenvalue weighted by Crippen LogP contribution is -2.38. The van der Waals surface area contributed by atoms with E-state index in [2.05, 4.69) is 82.7 Å². The van der Waals surface area contributed by atoms with Gasteiger partial charge in [0.25, 0.3) is 0 Å². The van der Waals surface area contributed by atoms with Crippen molar-refractivity contribution < 1.29 is 4.39 Å². The third-order valence-electron chi connectivity index (χ3n) is 7.64. The second-order valence-corrected chi connectivity index (χ2v) is 10.8. The Labute approximate surface area is 240 Å². The van der Waals surface area contributed by atoms with Crippen molar-refractivity contribution in [3.05, 3.63) is 173 Å². The van der Waals surface area contributed by atoms with E-state index < -0.39 is 5.54 Å². The lowest BCUT2D eigenvalue weighted by Gasteiger charge is -2.37. The van der Waals surface area contributed by atoms with Crippen molar-refractivity contribution in [2.75, 3.05) is 0 Å². The fourth-order valence-electron chi connectivity index (χ4n) is 5.82. The van der Waals surface area contributed by atoms with E-state index in [0.717, 1.165) is 44.1 Å². The lowest BCUT2D eigenvalue weighted by atomic mass is 9.77. The summed E-state index contributed by atoms with van der Waals surface area (Å²) in [5.41, 5.74) is 4.72. The molecule has 0 aliphatic carbocycles. The monoisotopic (exact) mass is 582 g/mol. The molecule has 1 aromatic heterocycles. The summed E-state index contributed by atoms with van der Waals surface area (Å²) < 4.78 is 17.8. The first-order chi connectivity index (χ1) is 19.7. The molecule has 0 bridgehead atoms. The molecule has 6 aromatic carbocycles. The van der Waals surface area contributed by atoms with Gasteiger partial charge in [-0.25, -0.2) is 9.07 Å². The van der Waals surface area contributed by atoms with Crippen molar-refractivity contribution in [1.29, 1.82) is 0 Å². The molecule has 2 nitrogen and oxygen atoms in total. The summed E-state index contributed by atoms with van der Waals surface area (Å²) in [6.45, 7) is 0. The van der Waals surface area contributed by atoms with Crippen LogP contribution in [0.5, 0.6) is 0 Å². The van der Waals surface area contributed by atoms with Gasteiger partial charge in [0, 0.05) is 17.0 Å². The Hall–Kier alpha value is -4.54. The van der Waals surface area contributed by atoms with E-state index in [0.29, 0.717) is 9.99 Å². The molecule has 0 saturated carbocycles. The first-order valence-electron chi connectivity index (χ1n) is 13.2. The standard InChI is InChI=1S/C36H24BrFN2/c37-32-23-31-34(24-33(32)38)40(39-35(31)27-21-20-25-12-10-11-13-26(25)22-27)36(28-14-4-1-5-15-28,29-16-6-2-7-17-29)30-18-8-3-9-19-30/h1-24H. The highest BCUT2D eigenvalue weighted by Crippen LogP contribution is 2.44. The van der Waals surface area contributed by atoms with E-state index >= 15 is 4.39 Å². The molecule has 0 unspecified atom stereocenters. The molecule has 7 rings (SSSR count). The number of halogens is 2. The van der Waals surface area contributed by atoms with Gasteiger partial charge >= 0.3 is 0 Å². The zero-order valence-electron chi connectivity index (χ0n) is 21.5. The number of fused-ring (bicyclic) bond motifs is 2. The summed E-state index contributed by atoms with van der Waals surface area (Å²) >= 11 is 3.45. The molecular weight excluding hydrogens is 559 g/mol. The number of aromatic nitrogens is 2. The van der Waals surface area contributed by atoms with Crippen LogP contribution in [0.15, 0.2) is 150 Å². The number of benzene rings is 6. The maximum atomic E-state index is 15.4. The Morgan fingerprint density at radius 1 is 0.575 bits per heavy atom. The fourth-order valence-corrected chi connectivity index (χ4v) is 6.16. The number of hydrogen-bond acceptors (Lipinski definition) is 1. The van der Waals surface area contributed by atoms with Crippen LogP contribution in [0.1, 0.15) is 16.7 Å². The third kappa shape index (κ3) is 3.87.